The average Bonchev–Trinajstić information content (AvgIpc) is 3.13. The van der Waals surface area contributed by atoms with E-state index < -0.39 is 21.7 Å². The number of esters is 1. The summed E-state index contributed by atoms with van der Waals surface area (Å²) in [6.45, 7) is 7.33. The lowest BCUT2D eigenvalue weighted by atomic mass is 9.77. The number of piperidine rings is 1. The van der Waals surface area contributed by atoms with Crippen molar-refractivity contribution in [2.24, 2.45) is 5.92 Å². The molecular weight excluding hydrogens is 436 g/mol. The lowest BCUT2D eigenvalue weighted by Gasteiger charge is -2.49. The van der Waals surface area contributed by atoms with Crippen molar-refractivity contribution < 1.29 is 22.7 Å². The van der Waals surface area contributed by atoms with Crippen LogP contribution < -0.4 is 4.72 Å². The van der Waals surface area contributed by atoms with E-state index in [4.69, 9.17) is 4.74 Å². The number of sulfonamides is 1. The molecule has 2 atom stereocenters. The van der Waals surface area contributed by atoms with E-state index in [1.807, 2.05) is 11.3 Å². The molecule has 0 aromatic carbocycles. The number of hydrogen-bond acceptors (Lipinski definition) is 7. The highest BCUT2D eigenvalue weighted by Crippen LogP contribution is 2.46. The maximum atomic E-state index is 12.0. The Balaban J connectivity index is 1.29. The molecule has 3 heterocycles. The Hall–Kier alpha value is -1.00. The van der Waals surface area contributed by atoms with Crippen LogP contribution in [0.25, 0.3) is 0 Å². The molecule has 0 bridgehead atoms. The Morgan fingerprint density at radius 2 is 2.19 bits per heavy atom. The summed E-state index contributed by atoms with van der Waals surface area (Å²) in [5.41, 5.74) is 1.31. The van der Waals surface area contributed by atoms with Crippen LogP contribution in [0.4, 0.5) is 0 Å². The van der Waals surface area contributed by atoms with Gasteiger partial charge in [-0.2, -0.15) is 0 Å². The van der Waals surface area contributed by atoms with Gasteiger partial charge >= 0.3 is 5.97 Å². The van der Waals surface area contributed by atoms with Crippen molar-refractivity contribution in [3.63, 3.8) is 0 Å². The highest BCUT2D eigenvalue weighted by Gasteiger charge is 2.45. The van der Waals surface area contributed by atoms with Crippen LogP contribution in [0.2, 0.25) is 0 Å². The molecule has 2 fully saturated rings. The lowest BCUT2D eigenvalue weighted by molar-refractivity contribution is -0.137. The molecule has 1 N–H and O–H groups in total. The molecule has 31 heavy (non-hydrogen) atoms. The minimum atomic E-state index is -3.62. The standard InChI is InChI=1S/C22H34N2O5S2/c1-4-18-11-19-20(30-18)5-8-29-22(19)6-7-24(15(2)12-22)13-16-9-17(10-16)23-31(26,27)14-21(25)28-3/h11,15-17,23H,4-10,12-14H2,1-3H3/t15-,16?,17?,22+/m0/s1. The highest BCUT2D eigenvalue weighted by molar-refractivity contribution is 7.90. The van der Waals surface area contributed by atoms with E-state index in [0.717, 1.165) is 58.2 Å². The number of thiophene rings is 1. The van der Waals surface area contributed by atoms with Gasteiger partial charge in [-0.25, -0.2) is 13.1 Å². The Morgan fingerprint density at radius 1 is 1.42 bits per heavy atom. The van der Waals surface area contributed by atoms with Crippen molar-refractivity contribution >= 4 is 27.3 Å². The number of carbonyl (C=O) groups is 1. The molecule has 0 unspecified atom stereocenters. The van der Waals surface area contributed by atoms with E-state index in [1.165, 1.54) is 22.4 Å². The molecule has 1 aromatic heterocycles. The number of rotatable bonds is 7. The van der Waals surface area contributed by atoms with Crippen LogP contribution in [-0.2, 0) is 42.7 Å². The van der Waals surface area contributed by atoms with Gasteiger partial charge in [-0.15, -0.1) is 11.3 Å². The Morgan fingerprint density at radius 3 is 2.87 bits per heavy atom. The molecule has 3 aliphatic rings. The van der Waals surface area contributed by atoms with Gasteiger partial charge in [0, 0.05) is 41.3 Å². The van der Waals surface area contributed by atoms with Gasteiger partial charge in [0.05, 0.1) is 19.3 Å². The predicted molar refractivity (Wildman–Crippen MR) is 121 cm³/mol. The molecule has 4 rings (SSSR count). The molecule has 1 aliphatic carbocycles. The number of aryl methyl sites for hydroxylation is 1. The van der Waals surface area contributed by atoms with Crippen molar-refractivity contribution in [1.82, 2.24) is 9.62 Å². The quantitative estimate of drug-likeness (QED) is 0.616. The first-order valence-electron chi connectivity index (χ1n) is 11.3. The third-order valence-corrected chi connectivity index (χ3v) is 9.72. The van der Waals surface area contributed by atoms with Gasteiger partial charge in [-0.05, 0) is 56.6 Å². The zero-order valence-electron chi connectivity index (χ0n) is 18.7. The Labute approximate surface area is 189 Å². The molecular formula is C22H34N2O5S2. The van der Waals surface area contributed by atoms with Crippen LogP contribution in [0.15, 0.2) is 6.07 Å². The summed E-state index contributed by atoms with van der Waals surface area (Å²) in [5.74, 6) is -0.859. The molecule has 0 radical (unpaired) electrons. The number of nitrogens with one attached hydrogen (secondary N) is 1. The zero-order chi connectivity index (χ0) is 22.2. The normalized spacial score (nSPS) is 31.3. The molecule has 1 aromatic rings. The van der Waals surface area contributed by atoms with Crippen molar-refractivity contribution in [2.45, 2.75) is 70.1 Å². The molecule has 0 amide bonds. The number of fused-ring (bicyclic) bond motifs is 2. The van der Waals surface area contributed by atoms with E-state index in [2.05, 4.69) is 34.3 Å². The molecule has 1 saturated carbocycles. The summed E-state index contributed by atoms with van der Waals surface area (Å²) < 4.78 is 37.5. The summed E-state index contributed by atoms with van der Waals surface area (Å²) in [7, 11) is -2.43. The maximum absolute atomic E-state index is 12.0. The first-order chi connectivity index (χ1) is 14.7. The maximum Gasteiger partial charge on any atom is 0.322 e. The van der Waals surface area contributed by atoms with E-state index in [-0.39, 0.29) is 11.6 Å². The molecule has 2 aliphatic heterocycles. The van der Waals surface area contributed by atoms with Gasteiger partial charge < -0.3 is 14.4 Å². The fraction of sp³-hybridized carbons (Fsp3) is 0.773. The lowest BCUT2D eigenvalue weighted by Crippen LogP contribution is -2.54. The van der Waals surface area contributed by atoms with Gasteiger partial charge in [0.25, 0.3) is 0 Å². The third-order valence-electron chi connectivity index (χ3n) is 7.07. The number of carbonyl (C=O) groups excluding carboxylic acids is 1. The number of ether oxygens (including phenoxy) is 2. The molecule has 174 valence electrons. The second-order valence-corrected chi connectivity index (χ2v) is 12.3. The molecule has 1 spiro atoms. The van der Waals surface area contributed by atoms with E-state index in [1.54, 1.807) is 0 Å². The largest absolute Gasteiger partial charge is 0.468 e. The van der Waals surface area contributed by atoms with Crippen LogP contribution in [0.5, 0.6) is 0 Å². The Kier molecular flexibility index (Phi) is 6.80. The van der Waals surface area contributed by atoms with Gasteiger partial charge in [0.1, 0.15) is 0 Å². The zero-order valence-corrected chi connectivity index (χ0v) is 20.3. The second kappa shape index (κ2) is 9.09. The first-order valence-corrected chi connectivity index (χ1v) is 13.8. The van der Waals surface area contributed by atoms with Crippen molar-refractivity contribution in [2.75, 3.05) is 32.6 Å². The van der Waals surface area contributed by atoms with Crippen LogP contribution in [0, 0.1) is 5.92 Å². The number of hydrogen-bond donors (Lipinski definition) is 1. The number of methoxy groups -OCH3 is 1. The fourth-order valence-corrected chi connectivity index (χ4v) is 7.76. The average molecular weight is 471 g/mol. The Bertz CT molecular complexity index is 909. The van der Waals surface area contributed by atoms with Crippen LogP contribution in [0.3, 0.4) is 0 Å². The number of nitrogens with zero attached hydrogens (tertiary/aromatic N) is 1. The first kappa shape index (κ1) is 23.2. The van der Waals surface area contributed by atoms with Crippen LogP contribution >= 0.6 is 11.3 Å². The SMILES string of the molecule is CCc1cc2c(s1)CCO[C@@]21CCN(CC2CC(NS(=O)(=O)CC(=O)OC)C2)[C@@H](C)C1. The van der Waals surface area contributed by atoms with E-state index >= 15 is 0 Å². The van der Waals surface area contributed by atoms with Crippen molar-refractivity contribution in [3.8, 4) is 0 Å². The third kappa shape index (κ3) is 5.00. The van der Waals surface area contributed by atoms with Crippen molar-refractivity contribution in [1.29, 1.82) is 0 Å². The van der Waals surface area contributed by atoms with Gasteiger partial charge in [-0.3, -0.25) is 4.79 Å². The summed E-state index contributed by atoms with van der Waals surface area (Å²) in [4.78, 5) is 16.8. The number of likely N-dealkylation sites (tertiary alicyclic amines) is 1. The molecule has 9 heteroatoms. The van der Waals surface area contributed by atoms with Gasteiger partial charge in [0.2, 0.25) is 10.0 Å². The summed E-state index contributed by atoms with van der Waals surface area (Å²) in [5, 5.41) is 0. The predicted octanol–water partition coefficient (Wildman–Crippen LogP) is 2.43. The van der Waals surface area contributed by atoms with Gasteiger partial charge in [-0.1, -0.05) is 6.92 Å². The van der Waals surface area contributed by atoms with Crippen LogP contribution in [0.1, 0.15) is 54.8 Å². The molecule has 7 nitrogen and oxygen atoms in total. The minimum absolute atomic E-state index is 0.0754. The summed E-state index contributed by atoms with van der Waals surface area (Å²) >= 11 is 1.96. The summed E-state index contributed by atoms with van der Waals surface area (Å²) in [6, 6.07) is 2.74. The minimum Gasteiger partial charge on any atom is -0.468 e. The van der Waals surface area contributed by atoms with E-state index in [9.17, 15) is 13.2 Å². The van der Waals surface area contributed by atoms with Crippen molar-refractivity contribution in [3.05, 3.63) is 21.4 Å². The second-order valence-electron chi connectivity index (χ2n) is 9.28. The monoisotopic (exact) mass is 470 g/mol. The fourth-order valence-electron chi connectivity index (χ4n) is 5.37. The molecule has 1 saturated heterocycles. The van der Waals surface area contributed by atoms with Gasteiger partial charge in [0.15, 0.2) is 5.75 Å². The topological polar surface area (TPSA) is 84.9 Å². The van der Waals surface area contributed by atoms with Crippen LogP contribution in [-0.4, -0.2) is 63.9 Å². The smallest absolute Gasteiger partial charge is 0.322 e. The summed E-state index contributed by atoms with van der Waals surface area (Å²) in [6.07, 6.45) is 5.80. The van der Waals surface area contributed by atoms with E-state index in [0.29, 0.717) is 12.0 Å². The highest BCUT2D eigenvalue weighted by atomic mass is 32.2.